The number of primary amides is 1. The summed E-state index contributed by atoms with van der Waals surface area (Å²) in [6.45, 7) is 5.63. The Labute approximate surface area is 352 Å². The normalized spacial score (nSPS) is 25.6. The molecule has 0 bridgehead atoms. The van der Waals surface area contributed by atoms with Gasteiger partial charge >= 0.3 is 0 Å². The third kappa shape index (κ3) is 8.03. The molecule has 6 amide bonds. The zero-order chi connectivity index (χ0) is 42.7. The molecule has 0 radical (unpaired) electrons. The lowest BCUT2D eigenvalue weighted by Crippen LogP contribution is -2.54. The Morgan fingerprint density at radius 2 is 1.61 bits per heavy atom. The Bertz CT molecular complexity index is 2430. The van der Waals surface area contributed by atoms with Crippen LogP contribution >= 0.6 is 0 Å². The Balaban J connectivity index is 0.738. The van der Waals surface area contributed by atoms with Gasteiger partial charge in [-0.2, -0.15) is 0 Å². The lowest BCUT2D eigenvalue weighted by Gasteiger charge is -2.36. The molecule has 1 aliphatic carbocycles. The van der Waals surface area contributed by atoms with Gasteiger partial charge in [0, 0.05) is 81.8 Å². The molecule has 1 saturated carbocycles. The molecule has 320 valence electrons. The van der Waals surface area contributed by atoms with E-state index >= 15 is 0 Å². The molecule has 1 aromatic heterocycles. The molecule has 3 aromatic rings. The number of sulfone groups is 1. The van der Waals surface area contributed by atoms with Crippen molar-refractivity contribution < 1.29 is 37.2 Å². The highest BCUT2D eigenvalue weighted by atomic mass is 32.2. The second-order valence-electron chi connectivity index (χ2n) is 17.2. The van der Waals surface area contributed by atoms with Gasteiger partial charge in [0.1, 0.15) is 11.9 Å². The number of carbonyl (C=O) groups excluding carboxylic acids is 6. The molecule has 4 saturated heterocycles. The van der Waals surface area contributed by atoms with Gasteiger partial charge < -0.3 is 31.1 Å². The largest absolute Gasteiger partial charge is 0.371 e. The van der Waals surface area contributed by atoms with Gasteiger partial charge in [0.25, 0.3) is 17.7 Å². The maximum absolute atomic E-state index is 13.5. The van der Waals surface area contributed by atoms with Crippen molar-refractivity contribution in [1.82, 2.24) is 30.4 Å². The van der Waals surface area contributed by atoms with Crippen molar-refractivity contribution in [2.24, 2.45) is 29.4 Å². The summed E-state index contributed by atoms with van der Waals surface area (Å²) < 4.78 is 23.8. The molecule has 2 unspecified atom stereocenters. The van der Waals surface area contributed by atoms with Crippen LogP contribution in [0.4, 0.5) is 23.0 Å². The number of nitrogens with zero attached hydrogens (tertiary/aromatic N) is 6. The topological polar surface area (TPSA) is 237 Å². The molecule has 9 rings (SSSR count). The molecule has 0 spiro atoms. The number of rotatable bonds is 11. The van der Waals surface area contributed by atoms with E-state index in [2.05, 4.69) is 35.7 Å². The summed E-state index contributed by atoms with van der Waals surface area (Å²) in [4.78, 5) is 93.2. The minimum atomic E-state index is -3.38. The fourth-order valence-electron chi connectivity index (χ4n) is 9.87. The molecule has 2 aromatic carbocycles. The van der Waals surface area contributed by atoms with Gasteiger partial charge in [0.2, 0.25) is 17.7 Å². The first kappa shape index (κ1) is 40.5. The number of anilines is 4. The van der Waals surface area contributed by atoms with E-state index in [0.717, 1.165) is 75.3 Å². The first-order valence-corrected chi connectivity index (χ1v) is 22.7. The van der Waals surface area contributed by atoms with Crippen LogP contribution in [0.1, 0.15) is 69.7 Å². The van der Waals surface area contributed by atoms with Gasteiger partial charge in [-0.3, -0.25) is 39.0 Å². The smallest absolute Gasteiger partial charge is 0.271 e. The third-order valence-electron chi connectivity index (χ3n) is 13.1. The summed E-state index contributed by atoms with van der Waals surface area (Å²) in [6.07, 6.45) is 6.45. The number of piperidine rings is 4. The molecular formula is C42H48N10O8S. The van der Waals surface area contributed by atoms with Crippen molar-refractivity contribution >= 4 is 68.3 Å². The zero-order valence-electron chi connectivity index (χ0n) is 33.7. The third-order valence-corrected chi connectivity index (χ3v) is 14.3. The number of fused-ring (bicyclic) bond motifs is 2. The summed E-state index contributed by atoms with van der Waals surface area (Å²) >= 11 is 0. The minimum Gasteiger partial charge on any atom is -0.371 e. The standard InChI is InChI=1S/C42H48N10O8S/c1-61(59,60)27-7-4-24(5-8-27)45-38-36(37(43)54)44-18-33(47-38)51-14-2-3-25(20-51)46-40(56)35-30-21-49(22-31(30)35)19-23-12-15-50(16-13-23)26-6-9-28-29(17-26)42(58)52(41(28)57)32-10-11-34(53)48-39(32)55/h4-9,17-18,23,25,30-32,35H,2-3,10-16,19-22H2,1H3,(H2,43,54)(H,45,47)(H,46,56)(H,48,53,55)/t25-,30-,31+,32?,35?/m1/s1. The molecular weight excluding hydrogens is 805 g/mol. The number of hydrogen-bond donors (Lipinski definition) is 4. The van der Waals surface area contributed by atoms with E-state index in [1.165, 1.54) is 18.3 Å². The molecule has 6 heterocycles. The lowest BCUT2D eigenvalue weighted by atomic mass is 9.95. The van der Waals surface area contributed by atoms with Crippen molar-refractivity contribution in [3.63, 3.8) is 0 Å². The second-order valence-corrected chi connectivity index (χ2v) is 19.2. The van der Waals surface area contributed by atoms with E-state index in [1.807, 2.05) is 11.0 Å². The van der Waals surface area contributed by atoms with Gasteiger partial charge in [-0.25, -0.2) is 18.4 Å². The van der Waals surface area contributed by atoms with Crippen molar-refractivity contribution in [2.45, 2.75) is 55.5 Å². The quantitative estimate of drug-likeness (QED) is 0.199. The van der Waals surface area contributed by atoms with Crippen LogP contribution in [-0.2, 0) is 24.2 Å². The van der Waals surface area contributed by atoms with Crippen molar-refractivity contribution in [1.29, 1.82) is 0 Å². The molecule has 6 aliphatic rings. The Morgan fingerprint density at radius 3 is 2.30 bits per heavy atom. The molecule has 5 aliphatic heterocycles. The van der Waals surface area contributed by atoms with Gasteiger partial charge in [-0.15, -0.1) is 0 Å². The van der Waals surface area contributed by atoms with Crippen molar-refractivity contribution in [3.8, 4) is 0 Å². The Kier molecular flexibility index (Phi) is 10.5. The van der Waals surface area contributed by atoms with E-state index in [0.29, 0.717) is 42.3 Å². The number of hydrogen-bond acceptors (Lipinski definition) is 14. The van der Waals surface area contributed by atoms with Crippen LogP contribution in [0, 0.1) is 23.7 Å². The highest BCUT2D eigenvalue weighted by Crippen LogP contribution is 2.52. The van der Waals surface area contributed by atoms with Crippen LogP contribution in [0.3, 0.4) is 0 Å². The van der Waals surface area contributed by atoms with Gasteiger partial charge in [-0.05, 0) is 92.3 Å². The zero-order valence-corrected chi connectivity index (χ0v) is 34.5. The van der Waals surface area contributed by atoms with E-state index in [-0.39, 0.29) is 58.2 Å². The van der Waals surface area contributed by atoms with Gasteiger partial charge in [0.05, 0.1) is 22.2 Å². The summed E-state index contributed by atoms with van der Waals surface area (Å²) in [6, 6.07) is 10.3. The van der Waals surface area contributed by atoms with Crippen LogP contribution in [0.5, 0.6) is 0 Å². The number of imide groups is 2. The number of amides is 6. The monoisotopic (exact) mass is 852 g/mol. The van der Waals surface area contributed by atoms with E-state index in [1.54, 1.807) is 24.3 Å². The fourth-order valence-corrected chi connectivity index (χ4v) is 10.5. The van der Waals surface area contributed by atoms with Gasteiger partial charge in [0.15, 0.2) is 21.3 Å². The number of benzene rings is 2. The summed E-state index contributed by atoms with van der Waals surface area (Å²) in [5.41, 5.74) is 7.50. The number of likely N-dealkylation sites (tertiary alicyclic amines) is 1. The van der Waals surface area contributed by atoms with Crippen molar-refractivity contribution in [2.75, 3.05) is 67.2 Å². The predicted octanol–water partition coefficient (Wildman–Crippen LogP) is 1.30. The molecule has 5 atom stereocenters. The molecule has 5 fully saturated rings. The van der Waals surface area contributed by atoms with Crippen LogP contribution in [0.2, 0.25) is 0 Å². The predicted molar refractivity (Wildman–Crippen MR) is 222 cm³/mol. The maximum Gasteiger partial charge on any atom is 0.271 e. The number of aromatic nitrogens is 2. The van der Waals surface area contributed by atoms with Crippen molar-refractivity contribution in [3.05, 3.63) is 65.5 Å². The lowest BCUT2D eigenvalue weighted by molar-refractivity contribution is -0.136. The van der Waals surface area contributed by atoms with Gasteiger partial charge in [-0.1, -0.05) is 0 Å². The second kappa shape index (κ2) is 15.8. The summed E-state index contributed by atoms with van der Waals surface area (Å²) in [7, 11) is -3.38. The number of carbonyl (C=O) groups is 6. The molecule has 18 nitrogen and oxygen atoms in total. The summed E-state index contributed by atoms with van der Waals surface area (Å²) in [5, 5.41) is 8.59. The molecule has 19 heteroatoms. The number of nitrogens with two attached hydrogens (primary N) is 1. The molecule has 5 N–H and O–H groups in total. The Morgan fingerprint density at radius 1 is 0.885 bits per heavy atom. The number of nitrogens with one attached hydrogen (secondary N) is 3. The average Bonchev–Trinajstić information content (AvgIpc) is 3.64. The Hall–Kier alpha value is -5.95. The van der Waals surface area contributed by atoms with Crippen LogP contribution in [0.15, 0.2) is 53.6 Å². The summed E-state index contributed by atoms with van der Waals surface area (Å²) in [5.74, 6) is -0.808. The average molecular weight is 853 g/mol. The van der Waals surface area contributed by atoms with E-state index in [9.17, 15) is 37.2 Å². The SMILES string of the molecule is CS(=O)(=O)c1ccc(Nc2nc(N3CCC[C@@H](NC(=O)C4[C@H]5CN(CC6CCN(c7ccc8c(c7)C(=O)N(C7CCC(=O)NC7=O)C8=O)CC6)C[C@@H]45)C3)cnc2C(N)=O)cc1. The fraction of sp³-hybridized carbons (Fsp3) is 0.476. The molecule has 61 heavy (non-hydrogen) atoms. The highest BCUT2D eigenvalue weighted by molar-refractivity contribution is 7.90. The van der Waals surface area contributed by atoms with Crippen LogP contribution in [0.25, 0.3) is 0 Å². The van der Waals surface area contributed by atoms with E-state index in [4.69, 9.17) is 5.73 Å². The van der Waals surface area contributed by atoms with Crippen LogP contribution < -0.4 is 31.5 Å². The highest BCUT2D eigenvalue weighted by Gasteiger charge is 2.59. The first-order chi connectivity index (χ1) is 29.2. The van der Waals surface area contributed by atoms with E-state index < -0.39 is 45.4 Å². The maximum atomic E-state index is 13.5. The first-order valence-electron chi connectivity index (χ1n) is 20.8. The minimum absolute atomic E-state index is 0.00770. The van der Waals surface area contributed by atoms with Crippen LogP contribution in [-0.4, -0.2) is 128 Å².